The largest absolute Gasteiger partial charge is 0.366 e. The van der Waals surface area contributed by atoms with Gasteiger partial charge in [-0.2, -0.15) is 0 Å². The Balaban J connectivity index is 0. The lowest BCUT2D eigenvalue weighted by molar-refractivity contribution is -0.121. The monoisotopic (exact) mass is 242 g/mol. The van der Waals surface area contributed by atoms with Crippen molar-refractivity contribution >= 4 is 11.8 Å². The van der Waals surface area contributed by atoms with Crippen LogP contribution in [0.1, 0.15) is 53.4 Å². The predicted molar refractivity (Wildman–Crippen MR) is 71.4 cm³/mol. The first-order valence-corrected chi connectivity index (χ1v) is 6.27. The molecule has 3 N–H and O–H groups in total. The van der Waals surface area contributed by atoms with Gasteiger partial charge in [0.1, 0.15) is 0 Å². The van der Waals surface area contributed by atoms with E-state index in [1.165, 1.54) is 19.3 Å². The first-order valence-electron chi connectivity index (χ1n) is 6.27. The van der Waals surface area contributed by atoms with Crippen LogP contribution in [-0.2, 0) is 9.59 Å². The van der Waals surface area contributed by atoms with E-state index in [4.69, 9.17) is 5.73 Å². The van der Waals surface area contributed by atoms with Crippen LogP contribution in [0.2, 0.25) is 0 Å². The number of amides is 2. The Morgan fingerprint density at radius 1 is 1.29 bits per heavy atom. The van der Waals surface area contributed by atoms with Gasteiger partial charge in [-0.25, -0.2) is 0 Å². The average Bonchev–Trinajstić information content (AvgIpc) is 3.17. The molecule has 0 radical (unpaired) electrons. The number of carbonyl (C=O) groups is 2. The van der Waals surface area contributed by atoms with Gasteiger partial charge in [0.05, 0.1) is 6.04 Å². The van der Waals surface area contributed by atoms with Crippen LogP contribution in [0, 0.1) is 0 Å². The normalized spacial score (nSPS) is 12.9. The van der Waals surface area contributed by atoms with Crippen molar-refractivity contribution in [3.05, 3.63) is 12.2 Å². The topological polar surface area (TPSA) is 72.2 Å². The Bertz CT molecular complexity index is 245. The first kappa shape index (κ1) is 18.1. The standard InChI is InChI=1S/C8H14N2O2.C3H6.C2H6/c1-4-7(11)10-6(3)5(2)8(9)12;1-2-3-1;1-2/h6H,2,4H2,1,3H3,(H2,9,12)(H,10,11);1-3H2;1-2H3. The molecule has 17 heavy (non-hydrogen) atoms. The lowest BCUT2D eigenvalue weighted by atomic mass is 10.1. The van der Waals surface area contributed by atoms with E-state index in [1.807, 2.05) is 13.8 Å². The molecule has 100 valence electrons. The van der Waals surface area contributed by atoms with Crippen molar-refractivity contribution in [3.63, 3.8) is 0 Å². The molecule has 0 heterocycles. The minimum absolute atomic E-state index is 0.120. The molecule has 1 aliphatic rings. The Labute approximate surface area is 105 Å². The van der Waals surface area contributed by atoms with Crippen molar-refractivity contribution in [3.8, 4) is 0 Å². The number of hydrogen-bond donors (Lipinski definition) is 2. The van der Waals surface area contributed by atoms with E-state index in [0.717, 1.165) is 0 Å². The van der Waals surface area contributed by atoms with E-state index >= 15 is 0 Å². The highest BCUT2D eigenvalue weighted by Gasteiger charge is 2.12. The number of carbonyl (C=O) groups excluding carboxylic acids is 2. The smallest absolute Gasteiger partial charge is 0.246 e. The Kier molecular flexibility index (Phi) is 11.9. The average molecular weight is 242 g/mol. The second-order valence-electron chi connectivity index (χ2n) is 3.59. The van der Waals surface area contributed by atoms with Crippen molar-refractivity contribution in [2.75, 3.05) is 0 Å². The van der Waals surface area contributed by atoms with E-state index < -0.39 is 5.91 Å². The van der Waals surface area contributed by atoms with Crippen LogP contribution >= 0.6 is 0 Å². The minimum Gasteiger partial charge on any atom is -0.366 e. The van der Waals surface area contributed by atoms with Crippen LogP contribution in [0.15, 0.2) is 12.2 Å². The van der Waals surface area contributed by atoms with Crippen molar-refractivity contribution in [1.82, 2.24) is 5.32 Å². The van der Waals surface area contributed by atoms with Crippen LogP contribution in [0.3, 0.4) is 0 Å². The summed E-state index contributed by atoms with van der Waals surface area (Å²) in [4.78, 5) is 21.4. The van der Waals surface area contributed by atoms with Gasteiger partial charge < -0.3 is 11.1 Å². The van der Waals surface area contributed by atoms with Gasteiger partial charge >= 0.3 is 0 Å². The molecule has 4 heteroatoms. The lowest BCUT2D eigenvalue weighted by Gasteiger charge is -2.12. The highest BCUT2D eigenvalue weighted by atomic mass is 16.2. The summed E-state index contributed by atoms with van der Waals surface area (Å²) in [5, 5.41) is 2.57. The molecule has 1 aliphatic carbocycles. The van der Waals surface area contributed by atoms with Gasteiger partial charge in [-0.3, -0.25) is 9.59 Å². The number of rotatable bonds is 4. The summed E-state index contributed by atoms with van der Waals surface area (Å²) >= 11 is 0. The van der Waals surface area contributed by atoms with E-state index in [2.05, 4.69) is 11.9 Å². The Morgan fingerprint density at radius 2 is 1.71 bits per heavy atom. The van der Waals surface area contributed by atoms with Gasteiger partial charge in [0.2, 0.25) is 11.8 Å². The molecule has 0 aromatic carbocycles. The van der Waals surface area contributed by atoms with Crippen LogP contribution < -0.4 is 11.1 Å². The van der Waals surface area contributed by atoms with Crippen LogP contribution in [0.5, 0.6) is 0 Å². The van der Waals surface area contributed by atoms with E-state index in [1.54, 1.807) is 13.8 Å². The zero-order valence-corrected chi connectivity index (χ0v) is 11.5. The molecule has 0 aliphatic heterocycles. The summed E-state index contributed by atoms with van der Waals surface area (Å²) in [7, 11) is 0. The molecule has 0 aromatic rings. The number of primary amides is 1. The maximum absolute atomic E-state index is 10.8. The van der Waals surface area contributed by atoms with Crippen LogP contribution in [-0.4, -0.2) is 17.9 Å². The maximum Gasteiger partial charge on any atom is 0.246 e. The summed E-state index contributed by atoms with van der Waals surface area (Å²) in [5.74, 6) is -0.705. The number of nitrogens with two attached hydrogens (primary N) is 1. The van der Waals surface area contributed by atoms with E-state index in [9.17, 15) is 9.59 Å². The molecule has 1 fully saturated rings. The molecule has 0 aromatic heterocycles. The summed E-state index contributed by atoms with van der Waals surface area (Å²) in [6, 6.07) is -0.380. The summed E-state index contributed by atoms with van der Waals surface area (Å²) in [6.45, 7) is 10.9. The van der Waals surface area contributed by atoms with Gasteiger partial charge in [0, 0.05) is 12.0 Å². The molecule has 1 unspecified atom stereocenters. The fraction of sp³-hybridized carbons (Fsp3) is 0.692. The fourth-order valence-electron chi connectivity index (χ4n) is 0.644. The predicted octanol–water partition coefficient (Wildman–Crippen LogP) is 2.14. The zero-order valence-electron chi connectivity index (χ0n) is 11.5. The third-order valence-electron chi connectivity index (χ3n) is 1.89. The second kappa shape index (κ2) is 11.2. The third-order valence-corrected chi connectivity index (χ3v) is 1.89. The zero-order chi connectivity index (χ0) is 13.8. The highest BCUT2D eigenvalue weighted by Crippen LogP contribution is 2.14. The Hall–Kier alpha value is -1.32. The number of hydrogen-bond acceptors (Lipinski definition) is 2. The van der Waals surface area contributed by atoms with Gasteiger partial charge in [-0.05, 0) is 6.92 Å². The van der Waals surface area contributed by atoms with E-state index in [-0.39, 0.29) is 17.5 Å². The first-order chi connectivity index (χ1) is 7.99. The Morgan fingerprint density at radius 3 is 1.94 bits per heavy atom. The third kappa shape index (κ3) is 12.6. The molecule has 1 rings (SSSR count). The summed E-state index contributed by atoms with van der Waals surface area (Å²) in [5.41, 5.74) is 5.18. The van der Waals surface area contributed by atoms with Crippen LogP contribution in [0.4, 0.5) is 0 Å². The molecule has 4 nitrogen and oxygen atoms in total. The fourth-order valence-corrected chi connectivity index (χ4v) is 0.644. The summed E-state index contributed by atoms with van der Waals surface area (Å²) in [6.07, 6.45) is 4.89. The van der Waals surface area contributed by atoms with Gasteiger partial charge in [-0.1, -0.05) is 46.6 Å². The van der Waals surface area contributed by atoms with Gasteiger partial charge in [-0.15, -0.1) is 0 Å². The van der Waals surface area contributed by atoms with Crippen molar-refractivity contribution < 1.29 is 9.59 Å². The molecule has 2 amide bonds. The minimum atomic E-state index is -0.584. The van der Waals surface area contributed by atoms with E-state index in [0.29, 0.717) is 6.42 Å². The van der Waals surface area contributed by atoms with Crippen molar-refractivity contribution in [1.29, 1.82) is 0 Å². The SMILES string of the molecule is C1CC1.C=C(C(N)=O)C(C)NC(=O)CC.CC. The second-order valence-corrected chi connectivity index (χ2v) is 3.59. The maximum atomic E-state index is 10.8. The molecule has 0 saturated heterocycles. The van der Waals surface area contributed by atoms with Crippen molar-refractivity contribution in [2.45, 2.75) is 59.4 Å². The molecule has 1 atom stereocenters. The van der Waals surface area contributed by atoms with Gasteiger partial charge in [0.25, 0.3) is 0 Å². The van der Waals surface area contributed by atoms with Crippen molar-refractivity contribution in [2.24, 2.45) is 5.73 Å². The number of nitrogens with one attached hydrogen (secondary N) is 1. The molecule has 0 spiro atoms. The molecule has 0 bridgehead atoms. The molecular weight excluding hydrogens is 216 g/mol. The lowest BCUT2D eigenvalue weighted by Crippen LogP contribution is -2.37. The molecular formula is C13H26N2O2. The summed E-state index contributed by atoms with van der Waals surface area (Å²) < 4.78 is 0. The van der Waals surface area contributed by atoms with Crippen LogP contribution in [0.25, 0.3) is 0 Å². The molecule has 1 saturated carbocycles. The highest BCUT2D eigenvalue weighted by molar-refractivity contribution is 5.93. The quantitative estimate of drug-likeness (QED) is 0.741. The van der Waals surface area contributed by atoms with Gasteiger partial charge in [0.15, 0.2) is 0 Å².